The fraction of sp³-hybridized carbons (Fsp3) is 0.222. The van der Waals surface area contributed by atoms with E-state index >= 15 is 0 Å². The Hall–Kier alpha value is -1.75. The molecule has 0 atom stereocenters. The lowest BCUT2D eigenvalue weighted by Gasteiger charge is -2.22. The van der Waals surface area contributed by atoms with Crippen LogP contribution in [0.1, 0.15) is 6.92 Å². The minimum atomic E-state index is -0.460. The Balaban J connectivity index is 5.01. The van der Waals surface area contributed by atoms with Crippen LogP contribution in [0.5, 0.6) is 0 Å². The van der Waals surface area contributed by atoms with Crippen molar-refractivity contribution in [3.05, 3.63) is 36.8 Å². The molecule has 0 aliphatic carbocycles. The Morgan fingerprint density at radius 3 is 2.21 bits per heavy atom. The molecule has 0 fully saturated rings. The fourth-order valence-electron chi connectivity index (χ4n) is 0.744. The second-order valence-corrected chi connectivity index (χ2v) is 2.72. The summed E-state index contributed by atoms with van der Waals surface area (Å²) in [7, 11) is 1.43. The number of hydrogen-bond donors (Lipinski definition) is 2. The molecule has 0 unspecified atom stereocenters. The van der Waals surface area contributed by atoms with Crippen LogP contribution in [-0.4, -0.2) is 23.0 Å². The maximum atomic E-state index is 11.4. The average Bonchev–Trinajstić information content (AvgIpc) is 2.17. The SMILES string of the molecule is C=C/C(C)=C(\N)N(C=C)C(=O)N(C)N. The Morgan fingerprint density at radius 2 is 1.93 bits per heavy atom. The monoisotopic (exact) mass is 196 g/mol. The van der Waals surface area contributed by atoms with Gasteiger partial charge in [-0.05, 0) is 12.5 Å². The molecule has 4 N–H and O–H groups in total. The number of hydrazine groups is 1. The normalized spacial score (nSPS) is 11.4. The van der Waals surface area contributed by atoms with Crippen molar-refractivity contribution in [2.45, 2.75) is 6.92 Å². The first-order chi connectivity index (χ1) is 6.45. The van der Waals surface area contributed by atoms with Crippen LogP contribution < -0.4 is 11.6 Å². The Labute approximate surface area is 83.9 Å². The van der Waals surface area contributed by atoms with E-state index in [1.165, 1.54) is 13.2 Å². The van der Waals surface area contributed by atoms with Gasteiger partial charge in [0, 0.05) is 13.2 Å². The molecule has 2 amide bonds. The summed E-state index contributed by atoms with van der Waals surface area (Å²) in [5.41, 5.74) is 6.36. The van der Waals surface area contributed by atoms with Gasteiger partial charge in [-0.3, -0.25) is 9.91 Å². The van der Waals surface area contributed by atoms with Gasteiger partial charge in [-0.2, -0.15) is 0 Å². The highest BCUT2D eigenvalue weighted by atomic mass is 16.2. The third-order valence-corrected chi connectivity index (χ3v) is 1.66. The summed E-state index contributed by atoms with van der Waals surface area (Å²) in [6, 6.07) is -0.460. The molecule has 0 saturated carbocycles. The summed E-state index contributed by atoms with van der Waals surface area (Å²) < 4.78 is 0. The highest BCUT2D eigenvalue weighted by Crippen LogP contribution is 2.07. The minimum Gasteiger partial charge on any atom is -0.384 e. The van der Waals surface area contributed by atoms with Gasteiger partial charge in [0.1, 0.15) is 5.82 Å². The summed E-state index contributed by atoms with van der Waals surface area (Å²) in [5, 5.41) is 0.922. The molecule has 0 spiro atoms. The first-order valence-electron chi connectivity index (χ1n) is 3.98. The van der Waals surface area contributed by atoms with Crippen LogP contribution in [-0.2, 0) is 0 Å². The lowest BCUT2D eigenvalue weighted by molar-refractivity contribution is 0.189. The van der Waals surface area contributed by atoms with Crippen molar-refractivity contribution >= 4 is 6.03 Å². The summed E-state index contributed by atoms with van der Waals surface area (Å²) in [6.45, 7) is 8.76. The highest BCUT2D eigenvalue weighted by molar-refractivity contribution is 5.76. The molecule has 5 heteroatoms. The fourth-order valence-corrected chi connectivity index (χ4v) is 0.744. The molecule has 5 nitrogen and oxygen atoms in total. The van der Waals surface area contributed by atoms with E-state index in [1.807, 2.05) is 0 Å². The molecular weight excluding hydrogens is 180 g/mol. The molecule has 14 heavy (non-hydrogen) atoms. The number of hydrogen-bond acceptors (Lipinski definition) is 3. The van der Waals surface area contributed by atoms with Gasteiger partial charge in [0.2, 0.25) is 0 Å². The first kappa shape index (κ1) is 12.2. The van der Waals surface area contributed by atoms with Gasteiger partial charge in [0.05, 0.1) is 0 Å². The molecule has 0 bridgehead atoms. The van der Waals surface area contributed by atoms with Crippen molar-refractivity contribution in [2.75, 3.05) is 7.05 Å². The molecule has 0 heterocycles. The van der Waals surface area contributed by atoms with Crippen LogP contribution in [0, 0.1) is 0 Å². The lowest BCUT2D eigenvalue weighted by atomic mass is 10.3. The third-order valence-electron chi connectivity index (χ3n) is 1.66. The second kappa shape index (κ2) is 5.08. The van der Waals surface area contributed by atoms with Crippen LogP contribution >= 0.6 is 0 Å². The number of carbonyl (C=O) groups is 1. The van der Waals surface area contributed by atoms with Crippen LogP contribution in [0.15, 0.2) is 36.8 Å². The molecule has 0 aliphatic heterocycles. The zero-order valence-corrected chi connectivity index (χ0v) is 8.53. The zero-order chi connectivity index (χ0) is 11.3. The Morgan fingerprint density at radius 1 is 1.43 bits per heavy atom. The number of amides is 2. The average molecular weight is 196 g/mol. The Kier molecular flexibility index (Phi) is 4.45. The predicted molar refractivity (Wildman–Crippen MR) is 56.5 cm³/mol. The molecule has 0 aromatic rings. The minimum absolute atomic E-state index is 0.261. The van der Waals surface area contributed by atoms with Crippen LogP contribution in [0.25, 0.3) is 0 Å². The molecule has 0 saturated heterocycles. The second-order valence-electron chi connectivity index (χ2n) is 2.72. The summed E-state index contributed by atoms with van der Waals surface area (Å²) in [6.07, 6.45) is 2.85. The van der Waals surface area contributed by atoms with Crippen molar-refractivity contribution in [1.82, 2.24) is 9.91 Å². The summed E-state index contributed by atoms with van der Waals surface area (Å²) in [4.78, 5) is 12.6. The van der Waals surface area contributed by atoms with Gasteiger partial charge in [0.15, 0.2) is 0 Å². The largest absolute Gasteiger partial charge is 0.384 e. The van der Waals surface area contributed by atoms with Gasteiger partial charge in [0.25, 0.3) is 0 Å². The number of carbonyl (C=O) groups excluding carboxylic acids is 1. The van der Waals surface area contributed by atoms with E-state index in [0.717, 1.165) is 9.91 Å². The van der Waals surface area contributed by atoms with E-state index in [1.54, 1.807) is 13.0 Å². The number of allylic oxidation sites excluding steroid dienone is 2. The van der Waals surface area contributed by atoms with Crippen molar-refractivity contribution in [3.63, 3.8) is 0 Å². The van der Waals surface area contributed by atoms with Crippen LogP contribution in [0.2, 0.25) is 0 Å². The smallest absolute Gasteiger partial charge is 0.343 e. The van der Waals surface area contributed by atoms with Gasteiger partial charge < -0.3 is 5.73 Å². The number of urea groups is 1. The van der Waals surface area contributed by atoms with Crippen molar-refractivity contribution in [3.8, 4) is 0 Å². The molecule has 0 rings (SSSR count). The molecule has 0 aliphatic rings. The van der Waals surface area contributed by atoms with Crippen molar-refractivity contribution in [2.24, 2.45) is 11.6 Å². The zero-order valence-electron chi connectivity index (χ0n) is 8.53. The number of nitrogens with zero attached hydrogens (tertiary/aromatic N) is 2. The molecule has 0 radical (unpaired) electrons. The van der Waals surface area contributed by atoms with Gasteiger partial charge in [-0.25, -0.2) is 10.6 Å². The molecule has 0 aromatic heterocycles. The highest BCUT2D eigenvalue weighted by Gasteiger charge is 2.16. The molecule has 78 valence electrons. The maximum Gasteiger partial charge on any atom is 0.343 e. The topological polar surface area (TPSA) is 75.6 Å². The van der Waals surface area contributed by atoms with Crippen LogP contribution in [0.3, 0.4) is 0 Å². The van der Waals surface area contributed by atoms with Gasteiger partial charge >= 0.3 is 6.03 Å². The van der Waals surface area contributed by atoms with Crippen molar-refractivity contribution in [1.29, 1.82) is 0 Å². The van der Waals surface area contributed by atoms with E-state index in [2.05, 4.69) is 13.2 Å². The predicted octanol–water partition coefficient (Wildman–Crippen LogP) is 0.734. The number of rotatable bonds is 3. The summed E-state index contributed by atoms with van der Waals surface area (Å²) in [5.74, 6) is 5.54. The molecular formula is C9H16N4O. The Bertz CT molecular complexity index is 281. The quantitative estimate of drug-likeness (QED) is 0.302. The third kappa shape index (κ3) is 2.63. The van der Waals surface area contributed by atoms with E-state index < -0.39 is 6.03 Å². The first-order valence-corrected chi connectivity index (χ1v) is 3.98. The number of nitrogens with two attached hydrogens (primary N) is 2. The van der Waals surface area contributed by atoms with Crippen LogP contribution in [0.4, 0.5) is 4.79 Å². The van der Waals surface area contributed by atoms with E-state index in [-0.39, 0.29) is 5.82 Å². The molecule has 0 aromatic carbocycles. The van der Waals surface area contributed by atoms with E-state index in [9.17, 15) is 4.79 Å². The maximum absolute atomic E-state index is 11.4. The standard InChI is InChI=1S/C9H16N4O/c1-5-7(3)8(10)13(6-2)9(14)12(4)11/h5-6H,1-2,10-11H2,3-4H3/b8-7+. The van der Waals surface area contributed by atoms with Gasteiger partial charge in [-0.15, -0.1) is 0 Å². The summed E-state index contributed by atoms with van der Waals surface area (Å²) >= 11 is 0. The van der Waals surface area contributed by atoms with Crippen molar-refractivity contribution < 1.29 is 4.79 Å². The van der Waals surface area contributed by atoms with E-state index in [0.29, 0.717) is 5.57 Å². The van der Waals surface area contributed by atoms with Gasteiger partial charge in [-0.1, -0.05) is 19.2 Å². The lowest BCUT2D eigenvalue weighted by Crippen LogP contribution is -2.43. The van der Waals surface area contributed by atoms with E-state index in [4.69, 9.17) is 11.6 Å².